The smallest absolute Gasteiger partial charge is 0.374 e. The van der Waals surface area contributed by atoms with E-state index in [0.29, 0.717) is 90.5 Å². The lowest BCUT2D eigenvalue weighted by atomic mass is 9.61. The summed E-state index contributed by atoms with van der Waals surface area (Å²) in [6.45, 7) is 15.8. The summed E-state index contributed by atoms with van der Waals surface area (Å²) in [5, 5.41) is 11.3. The van der Waals surface area contributed by atoms with Crippen molar-refractivity contribution in [3.8, 4) is 22.3 Å². The lowest BCUT2D eigenvalue weighted by Crippen LogP contribution is -2.46. The third-order valence-electron chi connectivity index (χ3n) is 12.4. The molecule has 0 saturated heterocycles. The van der Waals surface area contributed by atoms with Gasteiger partial charge in [-0.15, -0.1) is 0 Å². The molecule has 342 valence electrons. The van der Waals surface area contributed by atoms with Crippen LogP contribution < -0.4 is 10.6 Å². The zero-order chi connectivity index (χ0) is 45.2. The summed E-state index contributed by atoms with van der Waals surface area (Å²) in [7, 11) is -5.67. The van der Waals surface area contributed by atoms with Crippen molar-refractivity contribution in [3.05, 3.63) is 96.1 Å². The standard InChI is InChI=1S/C51H66N2O8SSi2/c1-7-56-63(57-8-2,58-9-3)35-19-33-52-45(54)29-31-51(32-30-46(55)53-34-20-36-64(59-10-4,60-11-5)61-12-6)41-25-15-13-21-39(41)49-47-37(23-17-26-42(47)51)38-24-18-28-44-48(38)50(49)40-22-14-16-27-43(40)62-44/h13-18,21-28H,7-12,19-20,29-36H2,1-6H3,(H,52,54)(H,53,55). The molecule has 0 radical (unpaired) electrons. The first-order valence-electron chi connectivity index (χ1n) is 23.5. The molecule has 7 rings (SSSR count). The van der Waals surface area contributed by atoms with Gasteiger partial charge in [0.15, 0.2) is 0 Å². The Hall–Kier alpha value is -3.90. The summed E-state index contributed by atoms with van der Waals surface area (Å²) in [4.78, 5) is 30.5. The average molecular weight is 923 g/mol. The molecule has 0 fully saturated rings. The van der Waals surface area contributed by atoms with Crippen LogP contribution in [0.15, 0.2) is 94.7 Å². The Balaban J connectivity index is 1.23. The van der Waals surface area contributed by atoms with Crippen molar-refractivity contribution in [2.24, 2.45) is 0 Å². The number of fused-ring (bicyclic) bond motifs is 6. The number of nitrogens with one attached hydrogen (secondary N) is 2. The van der Waals surface area contributed by atoms with E-state index in [4.69, 9.17) is 26.6 Å². The van der Waals surface area contributed by atoms with Gasteiger partial charge in [0, 0.05) is 104 Å². The maximum absolute atomic E-state index is 14.0. The highest BCUT2D eigenvalue weighted by Gasteiger charge is 2.44. The topological polar surface area (TPSA) is 114 Å². The molecule has 0 spiro atoms. The van der Waals surface area contributed by atoms with Crippen molar-refractivity contribution < 1.29 is 36.1 Å². The Morgan fingerprint density at radius 3 is 1.50 bits per heavy atom. The molecule has 2 N–H and O–H groups in total. The van der Waals surface area contributed by atoms with Crippen LogP contribution in [0.25, 0.3) is 43.8 Å². The third-order valence-corrected chi connectivity index (χ3v) is 19.9. The molecule has 0 aromatic heterocycles. The minimum atomic E-state index is -2.84. The normalized spacial score (nSPS) is 13.8. The lowest BCUT2D eigenvalue weighted by molar-refractivity contribution is -0.121. The molecule has 0 bridgehead atoms. The predicted octanol–water partition coefficient (Wildman–Crippen LogP) is 11.1. The summed E-state index contributed by atoms with van der Waals surface area (Å²) in [5.41, 5.74) is 6.57. The van der Waals surface area contributed by atoms with Crippen LogP contribution in [-0.4, -0.2) is 82.2 Å². The van der Waals surface area contributed by atoms with Crippen molar-refractivity contribution in [1.82, 2.24) is 10.6 Å². The van der Waals surface area contributed by atoms with Crippen molar-refractivity contribution in [2.75, 3.05) is 52.7 Å². The van der Waals surface area contributed by atoms with Crippen molar-refractivity contribution in [3.63, 3.8) is 0 Å². The fourth-order valence-electron chi connectivity index (χ4n) is 10.0. The predicted molar refractivity (Wildman–Crippen MR) is 262 cm³/mol. The summed E-state index contributed by atoms with van der Waals surface area (Å²) in [5.74, 6) is -0.0453. The second-order valence-corrected chi connectivity index (χ2v) is 22.8. The quantitative estimate of drug-likeness (QED) is 0.0312. The second-order valence-electron chi connectivity index (χ2n) is 16.3. The first-order valence-corrected chi connectivity index (χ1v) is 28.2. The minimum Gasteiger partial charge on any atom is -0.374 e. The van der Waals surface area contributed by atoms with Gasteiger partial charge in [0.25, 0.3) is 0 Å². The summed E-state index contributed by atoms with van der Waals surface area (Å²) in [6, 6.07) is 32.0. The Kier molecular flexibility index (Phi) is 16.6. The zero-order valence-electron chi connectivity index (χ0n) is 38.6. The number of benzene rings is 5. The Morgan fingerprint density at radius 2 is 0.953 bits per heavy atom. The summed E-state index contributed by atoms with van der Waals surface area (Å²) in [6.07, 6.45) is 3.00. The maximum atomic E-state index is 14.0. The van der Waals surface area contributed by atoms with Gasteiger partial charge in [-0.25, -0.2) is 0 Å². The Bertz CT molecular complexity index is 2330. The molecule has 1 aliphatic carbocycles. The van der Waals surface area contributed by atoms with Crippen LogP contribution in [-0.2, 0) is 41.6 Å². The van der Waals surface area contributed by atoms with Crippen LogP contribution in [0.4, 0.5) is 0 Å². The van der Waals surface area contributed by atoms with E-state index >= 15 is 0 Å². The Labute approximate surface area is 386 Å². The van der Waals surface area contributed by atoms with Gasteiger partial charge in [-0.3, -0.25) is 9.59 Å². The SMILES string of the molecule is CCO[Si](CCCNC(=O)CCC1(CCC(=O)NCCC[Si](OCC)(OCC)OCC)c2ccccc2-c2c3c4c(cccc4c4cccc1c24)Sc1ccccc1-3)(OCC)OCC. The van der Waals surface area contributed by atoms with Crippen molar-refractivity contribution >= 4 is 62.7 Å². The number of amides is 2. The molecule has 5 aromatic rings. The molecular formula is C51H66N2O8SSi2. The highest BCUT2D eigenvalue weighted by molar-refractivity contribution is 7.99. The number of hydrogen-bond donors (Lipinski definition) is 2. The van der Waals surface area contributed by atoms with Crippen LogP contribution in [0.3, 0.4) is 0 Å². The van der Waals surface area contributed by atoms with Gasteiger partial charge >= 0.3 is 17.6 Å². The zero-order valence-corrected chi connectivity index (χ0v) is 41.4. The number of carbonyl (C=O) groups excluding carboxylic acids is 2. The minimum absolute atomic E-state index is 0.0227. The first kappa shape index (κ1) is 48.0. The van der Waals surface area contributed by atoms with Gasteiger partial charge in [0.2, 0.25) is 11.8 Å². The molecule has 2 aliphatic rings. The molecule has 5 aromatic carbocycles. The second kappa shape index (κ2) is 22.1. The molecule has 10 nitrogen and oxygen atoms in total. The van der Waals surface area contributed by atoms with E-state index in [1.54, 1.807) is 0 Å². The van der Waals surface area contributed by atoms with E-state index in [0.717, 1.165) is 11.1 Å². The van der Waals surface area contributed by atoms with E-state index in [1.165, 1.54) is 53.6 Å². The van der Waals surface area contributed by atoms with Gasteiger partial charge in [0.1, 0.15) is 0 Å². The lowest BCUT2D eigenvalue weighted by Gasteiger charge is -2.42. The molecular weight excluding hydrogens is 857 g/mol. The molecule has 13 heteroatoms. The van der Waals surface area contributed by atoms with E-state index in [2.05, 4.69) is 95.6 Å². The highest BCUT2D eigenvalue weighted by Crippen LogP contribution is 2.60. The molecule has 64 heavy (non-hydrogen) atoms. The maximum Gasteiger partial charge on any atom is 0.500 e. The fourth-order valence-corrected chi connectivity index (χ4v) is 16.4. The van der Waals surface area contributed by atoms with E-state index in [9.17, 15) is 9.59 Å². The van der Waals surface area contributed by atoms with E-state index in [1.807, 2.05) is 53.3 Å². The fraction of sp³-hybridized carbons (Fsp3) is 0.451. The van der Waals surface area contributed by atoms with Gasteiger partial charge in [-0.05, 0) is 123 Å². The van der Waals surface area contributed by atoms with Gasteiger partial charge in [-0.1, -0.05) is 84.6 Å². The van der Waals surface area contributed by atoms with Crippen LogP contribution >= 0.6 is 11.8 Å². The van der Waals surface area contributed by atoms with Gasteiger partial charge in [-0.2, -0.15) is 0 Å². The van der Waals surface area contributed by atoms with Gasteiger partial charge in [0.05, 0.1) is 0 Å². The Morgan fingerprint density at radius 1 is 0.516 bits per heavy atom. The molecule has 1 heterocycles. The highest BCUT2D eigenvalue weighted by atomic mass is 32.2. The van der Waals surface area contributed by atoms with Crippen LogP contribution in [0.2, 0.25) is 12.1 Å². The van der Waals surface area contributed by atoms with Crippen LogP contribution in [0, 0.1) is 0 Å². The number of rotatable bonds is 26. The largest absolute Gasteiger partial charge is 0.500 e. The molecule has 0 saturated carbocycles. The first-order chi connectivity index (χ1) is 31.2. The number of hydrogen-bond acceptors (Lipinski definition) is 9. The third kappa shape index (κ3) is 9.93. The molecule has 0 atom stereocenters. The monoisotopic (exact) mass is 922 g/mol. The van der Waals surface area contributed by atoms with Gasteiger partial charge < -0.3 is 37.2 Å². The molecule has 0 unspecified atom stereocenters. The summed E-state index contributed by atoms with van der Waals surface area (Å²) >= 11 is 1.83. The van der Waals surface area contributed by atoms with Crippen LogP contribution in [0.5, 0.6) is 0 Å². The number of carbonyl (C=O) groups is 2. The molecule has 2 amide bonds. The van der Waals surface area contributed by atoms with Crippen molar-refractivity contribution in [1.29, 1.82) is 0 Å². The molecule has 1 aliphatic heterocycles. The van der Waals surface area contributed by atoms with E-state index in [-0.39, 0.29) is 24.7 Å². The van der Waals surface area contributed by atoms with Crippen LogP contribution in [0.1, 0.15) is 91.2 Å². The van der Waals surface area contributed by atoms with E-state index < -0.39 is 23.0 Å². The average Bonchev–Trinajstić information content (AvgIpc) is 3.30. The summed E-state index contributed by atoms with van der Waals surface area (Å²) < 4.78 is 36.4. The van der Waals surface area contributed by atoms with Crippen molar-refractivity contribution in [2.45, 2.75) is 107 Å².